The van der Waals surface area contributed by atoms with Crippen LogP contribution in [0.4, 0.5) is 5.13 Å². The zero-order valence-electron chi connectivity index (χ0n) is 18.3. The van der Waals surface area contributed by atoms with Crippen LogP contribution >= 0.6 is 23.1 Å². The van der Waals surface area contributed by atoms with Crippen LogP contribution in [0.3, 0.4) is 0 Å². The van der Waals surface area contributed by atoms with Crippen LogP contribution in [-0.4, -0.2) is 69.9 Å². The minimum atomic E-state index is -1.12. The first kappa shape index (κ1) is 24.5. The summed E-state index contributed by atoms with van der Waals surface area (Å²) in [7, 11) is 1.28. The first-order valence-corrected chi connectivity index (χ1v) is 11.8. The van der Waals surface area contributed by atoms with E-state index in [1.807, 2.05) is 0 Å². The molecule has 0 radical (unpaired) electrons. The number of rotatable bonds is 8. The van der Waals surface area contributed by atoms with Crippen LogP contribution in [0.2, 0.25) is 0 Å². The van der Waals surface area contributed by atoms with Crippen molar-refractivity contribution >= 4 is 57.7 Å². The van der Waals surface area contributed by atoms with Crippen molar-refractivity contribution in [3.63, 3.8) is 0 Å². The summed E-state index contributed by atoms with van der Waals surface area (Å²) < 4.78 is 10.2. The lowest BCUT2D eigenvalue weighted by Gasteiger charge is -2.48. The van der Waals surface area contributed by atoms with Crippen LogP contribution < -0.4 is 11.1 Å². The van der Waals surface area contributed by atoms with Gasteiger partial charge in [-0.25, -0.2) is 9.78 Å². The zero-order valence-corrected chi connectivity index (χ0v) is 19.9. The quantitative estimate of drug-likeness (QED) is 0.169. The number of esters is 2. The van der Waals surface area contributed by atoms with E-state index in [4.69, 9.17) is 20.0 Å². The first-order valence-electron chi connectivity index (χ1n) is 9.83. The lowest BCUT2D eigenvalue weighted by atomic mass is 10.0. The molecular weight excluding hydrogens is 474 g/mol. The van der Waals surface area contributed by atoms with Crippen LogP contribution in [0.15, 0.2) is 22.3 Å². The first-order chi connectivity index (χ1) is 15.6. The van der Waals surface area contributed by atoms with E-state index in [1.54, 1.807) is 25.3 Å². The largest absolute Gasteiger partial charge is 0.425 e. The summed E-state index contributed by atoms with van der Waals surface area (Å²) >= 11 is 2.49. The summed E-state index contributed by atoms with van der Waals surface area (Å²) in [5, 5.41) is 7.57. The molecule has 1 aromatic rings. The molecule has 0 aliphatic carbocycles. The smallest absolute Gasteiger partial charge is 0.357 e. The van der Waals surface area contributed by atoms with Crippen molar-refractivity contribution in [3.05, 3.63) is 22.8 Å². The third kappa shape index (κ3) is 5.27. The van der Waals surface area contributed by atoms with E-state index < -0.39 is 41.5 Å². The monoisotopic (exact) mass is 497 g/mol. The number of carbonyl (C=O) groups is 4. The van der Waals surface area contributed by atoms with Crippen LogP contribution in [0.1, 0.15) is 26.5 Å². The molecule has 0 saturated carbocycles. The number of nitrogens with one attached hydrogen (secondary N) is 1. The number of hydrogen-bond acceptors (Lipinski definition) is 12. The molecule has 178 valence electrons. The number of amides is 2. The topological polar surface area (TPSA) is 163 Å². The molecule has 3 atom stereocenters. The summed E-state index contributed by atoms with van der Waals surface area (Å²) in [6.07, 6.45) is 0.429. The number of oxime groups is 1. The van der Waals surface area contributed by atoms with Crippen LogP contribution in [0, 0.1) is 5.92 Å². The Morgan fingerprint density at radius 2 is 2.03 bits per heavy atom. The Kier molecular flexibility index (Phi) is 7.58. The van der Waals surface area contributed by atoms with Crippen LogP contribution in [0.5, 0.6) is 0 Å². The van der Waals surface area contributed by atoms with E-state index in [0.717, 1.165) is 11.3 Å². The highest BCUT2D eigenvalue weighted by Gasteiger charge is 2.53. The molecule has 12 nitrogen and oxygen atoms in total. The van der Waals surface area contributed by atoms with Crippen molar-refractivity contribution in [2.75, 3.05) is 18.6 Å². The highest BCUT2D eigenvalue weighted by molar-refractivity contribution is 8.00. The Bertz CT molecular complexity index is 1020. The zero-order chi connectivity index (χ0) is 24.3. The van der Waals surface area contributed by atoms with Gasteiger partial charge in [-0.15, -0.1) is 23.1 Å². The Hall–Kier alpha value is -3.13. The Morgan fingerprint density at radius 1 is 1.30 bits per heavy atom. The molecule has 14 heteroatoms. The highest BCUT2D eigenvalue weighted by Crippen LogP contribution is 2.38. The average Bonchev–Trinajstić information content (AvgIpc) is 3.20. The predicted octanol–water partition coefficient (Wildman–Crippen LogP) is 0.448. The van der Waals surface area contributed by atoms with Crippen molar-refractivity contribution in [1.82, 2.24) is 15.2 Å². The molecule has 0 bridgehead atoms. The number of hydrogen-bond donors (Lipinski definition) is 2. The summed E-state index contributed by atoms with van der Waals surface area (Å²) in [6, 6.07) is -0.895. The lowest BCUT2D eigenvalue weighted by Crippen LogP contribution is -2.70. The summed E-state index contributed by atoms with van der Waals surface area (Å²) in [5.74, 6) is -2.46. The van der Waals surface area contributed by atoms with E-state index in [0.29, 0.717) is 5.75 Å². The fourth-order valence-electron chi connectivity index (χ4n) is 2.97. The van der Waals surface area contributed by atoms with Gasteiger partial charge in [0.05, 0.1) is 5.92 Å². The third-order valence-electron chi connectivity index (χ3n) is 4.53. The van der Waals surface area contributed by atoms with Crippen molar-refractivity contribution in [1.29, 1.82) is 0 Å². The third-order valence-corrected chi connectivity index (χ3v) is 6.39. The molecule has 3 rings (SSSR count). The number of carbonyl (C=O) groups excluding carboxylic acids is 4. The van der Waals surface area contributed by atoms with Crippen molar-refractivity contribution in [2.45, 2.75) is 38.5 Å². The van der Waals surface area contributed by atoms with Crippen LogP contribution in [0.25, 0.3) is 0 Å². The van der Waals surface area contributed by atoms with Gasteiger partial charge in [0.25, 0.3) is 11.8 Å². The molecule has 0 spiro atoms. The molecule has 2 aliphatic heterocycles. The number of anilines is 1. The number of aromatic nitrogens is 1. The fraction of sp³-hybridized carbons (Fsp3) is 0.474. The number of nitrogen functional groups attached to an aromatic ring is 1. The van der Waals surface area contributed by atoms with E-state index in [-0.39, 0.29) is 28.2 Å². The van der Waals surface area contributed by atoms with Gasteiger partial charge in [0.1, 0.15) is 29.9 Å². The van der Waals surface area contributed by atoms with Gasteiger partial charge in [-0.1, -0.05) is 19.0 Å². The van der Waals surface area contributed by atoms with Gasteiger partial charge in [-0.2, -0.15) is 0 Å². The van der Waals surface area contributed by atoms with Crippen molar-refractivity contribution in [2.24, 2.45) is 11.1 Å². The molecule has 1 fully saturated rings. The maximum absolute atomic E-state index is 12.8. The number of nitrogens with zero attached hydrogens (tertiary/aromatic N) is 3. The second-order valence-electron chi connectivity index (χ2n) is 7.23. The van der Waals surface area contributed by atoms with E-state index >= 15 is 0 Å². The highest BCUT2D eigenvalue weighted by atomic mass is 32.2. The Morgan fingerprint density at radius 3 is 2.64 bits per heavy atom. The molecule has 3 heterocycles. The number of thiazole rings is 1. The maximum Gasteiger partial charge on any atom is 0.357 e. The summed E-state index contributed by atoms with van der Waals surface area (Å²) in [4.78, 5) is 59.8. The second kappa shape index (κ2) is 10.2. The van der Waals surface area contributed by atoms with Gasteiger partial charge < -0.3 is 25.4 Å². The molecule has 0 aromatic carbocycles. The molecule has 1 saturated heterocycles. The number of thioether (sulfide) groups is 1. The van der Waals surface area contributed by atoms with Gasteiger partial charge in [-0.3, -0.25) is 19.3 Å². The van der Waals surface area contributed by atoms with Gasteiger partial charge >= 0.3 is 11.9 Å². The Balaban J connectivity index is 1.65. The molecular formula is C19H23N5O7S2. The predicted molar refractivity (Wildman–Crippen MR) is 120 cm³/mol. The average molecular weight is 498 g/mol. The van der Waals surface area contributed by atoms with Gasteiger partial charge in [-0.05, 0) is 6.08 Å². The fourth-order valence-corrected chi connectivity index (χ4v) is 4.71. The number of ether oxygens (including phenoxy) is 2. The van der Waals surface area contributed by atoms with Gasteiger partial charge in [0, 0.05) is 18.1 Å². The number of nitrogens with two attached hydrogens (primary N) is 1. The molecule has 2 aliphatic rings. The van der Waals surface area contributed by atoms with E-state index in [1.165, 1.54) is 30.7 Å². The van der Waals surface area contributed by atoms with Gasteiger partial charge in [0.15, 0.2) is 10.8 Å². The van der Waals surface area contributed by atoms with E-state index in [9.17, 15) is 19.2 Å². The standard InChI is InChI=1S/C19H23N5O7S2/c1-8(2)17(27)30-9(3)31-18(28)11-5-6-32-16-13(15(26)24(11)16)22-14(25)12(23-29-4)10-7-33-19(20)21-10/h5,7-9,13,16H,6H2,1-4H3,(H2,20,21)(H,22,25)/b23-12-/t9?,13?,16-/m1/s1. The summed E-state index contributed by atoms with van der Waals surface area (Å²) in [6.45, 7) is 4.72. The molecule has 2 unspecified atom stereocenters. The molecule has 33 heavy (non-hydrogen) atoms. The van der Waals surface area contributed by atoms with Crippen molar-refractivity contribution in [3.8, 4) is 0 Å². The van der Waals surface area contributed by atoms with Gasteiger partial charge in [0.2, 0.25) is 6.29 Å². The molecule has 1 aromatic heterocycles. The maximum atomic E-state index is 12.8. The SMILES string of the molecule is CO/N=C(\C(=O)NC1C(=O)N2C(C(=O)OC(C)OC(=O)C(C)C)=CCS[C@H]12)c1csc(N)n1. The number of fused-ring (bicyclic) bond motifs is 1. The minimum absolute atomic E-state index is 0.0275. The van der Waals surface area contributed by atoms with Crippen LogP contribution in [-0.2, 0) is 33.5 Å². The van der Waals surface area contributed by atoms with Crippen molar-refractivity contribution < 1.29 is 33.5 Å². The number of β-lactam (4-membered cyclic amide) rings is 1. The normalized spacial score (nSPS) is 20.9. The van der Waals surface area contributed by atoms with E-state index in [2.05, 4.69) is 15.5 Å². The summed E-state index contributed by atoms with van der Waals surface area (Å²) in [5.41, 5.74) is 5.73. The second-order valence-corrected chi connectivity index (χ2v) is 9.27. The lowest BCUT2D eigenvalue weighted by molar-refractivity contribution is -0.186. The minimum Gasteiger partial charge on any atom is -0.425 e. The Labute approximate surface area is 197 Å². The molecule has 2 amide bonds. The molecule has 3 N–H and O–H groups in total.